The Hall–Kier alpha value is -1.22. The van der Waals surface area contributed by atoms with Crippen molar-refractivity contribution in [1.82, 2.24) is 0 Å². The summed E-state index contributed by atoms with van der Waals surface area (Å²) in [4.78, 5) is 0. The van der Waals surface area contributed by atoms with Crippen LogP contribution in [0.4, 0.5) is 0 Å². The zero-order valence-electron chi connectivity index (χ0n) is 8.20. The van der Waals surface area contributed by atoms with Crippen molar-refractivity contribution in [3.05, 3.63) is 23.1 Å². The van der Waals surface area contributed by atoms with Gasteiger partial charge in [-0.25, -0.2) is 0 Å². The van der Waals surface area contributed by atoms with E-state index in [4.69, 9.17) is 4.74 Å². The quantitative estimate of drug-likeness (QED) is 0.821. The second kappa shape index (κ2) is 3.50. The molecule has 2 aromatic rings. The Balaban J connectivity index is 2.82. The number of aryl methyl sites for hydroxylation is 1. The summed E-state index contributed by atoms with van der Waals surface area (Å²) in [5.41, 5.74) is 1.22. The fourth-order valence-electron chi connectivity index (χ4n) is 1.62. The number of phenolic OH excluding ortho intramolecular Hbond substituents is 1. The number of methoxy groups -OCH3 is 1. The van der Waals surface area contributed by atoms with Gasteiger partial charge in [-0.15, -0.1) is 11.3 Å². The lowest BCUT2D eigenvalue weighted by atomic mass is 10.1. The van der Waals surface area contributed by atoms with Gasteiger partial charge in [0.05, 0.1) is 11.8 Å². The Morgan fingerprint density at radius 1 is 1.43 bits per heavy atom. The largest absolute Gasteiger partial charge is 0.506 e. The van der Waals surface area contributed by atoms with Gasteiger partial charge in [0.2, 0.25) is 0 Å². The minimum atomic E-state index is 0.338. The van der Waals surface area contributed by atoms with E-state index >= 15 is 0 Å². The summed E-state index contributed by atoms with van der Waals surface area (Å²) in [6.45, 7) is 2.10. The van der Waals surface area contributed by atoms with Crippen LogP contribution in [-0.4, -0.2) is 12.2 Å². The van der Waals surface area contributed by atoms with Crippen molar-refractivity contribution in [1.29, 1.82) is 0 Å². The van der Waals surface area contributed by atoms with E-state index in [1.54, 1.807) is 13.2 Å². The first-order valence-electron chi connectivity index (χ1n) is 4.54. The fraction of sp³-hybridized carbons (Fsp3) is 0.273. The zero-order chi connectivity index (χ0) is 10.1. The van der Waals surface area contributed by atoms with Crippen LogP contribution in [-0.2, 0) is 6.42 Å². The molecular weight excluding hydrogens is 196 g/mol. The predicted molar refractivity (Wildman–Crippen MR) is 59.4 cm³/mol. The van der Waals surface area contributed by atoms with Gasteiger partial charge in [-0.2, -0.15) is 0 Å². The molecule has 0 amide bonds. The fourth-order valence-corrected chi connectivity index (χ4v) is 2.60. The monoisotopic (exact) mass is 208 g/mol. The van der Waals surface area contributed by atoms with Gasteiger partial charge in [0.1, 0.15) is 11.5 Å². The van der Waals surface area contributed by atoms with Gasteiger partial charge >= 0.3 is 0 Å². The molecule has 1 aromatic heterocycles. The molecule has 0 aliphatic heterocycles. The van der Waals surface area contributed by atoms with Crippen LogP contribution in [0.2, 0.25) is 0 Å². The molecule has 0 aliphatic rings. The third-order valence-electron chi connectivity index (χ3n) is 2.35. The molecular formula is C11H12O2S. The molecule has 0 fully saturated rings. The highest BCUT2D eigenvalue weighted by Crippen LogP contribution is 2.39. The van der Waals surface area contributed by atoms with Gasteiger partial charge in [0.25, 0.3) is 0 Å². The molecule has 0 bridgehead atoms. The topological polar surface area (TPSA) is 29.5 Å². The van der Waals surface area contributed by atoms with Gasteiger partial charge in [0, 0.05) is 10.8 Å². The van der Waals surface area contributed by atoms with Crippen LogP contribution >= 0.6 is 11.3 Å². The highest BCUT2D eigenvalue weighted by Gasteiger charge is 2.11. The lowest BCUT2D eigenvalue weighted by Crippen LogP contribution is -1.85. The van der Waals surface area contributed by atoms with Gasteiger partial charge < -0.3 is 9.84 Å². The number of thiophene rings is 1. The highest BCUT2D eigenvalue weighted by molar-refractivity contribution is 7.18. The Morgan fingerprint density at radius 3 is 2.86 bits per heavy atom. The summed E-state index contributed by atoms with van der Waals surface area (Å²) in [6.07, 6.45) is 0.948. The van der Waals surface area contributed by atoms with Crippen molar-refractivity contribution < 1.29 is 9.84 Å². The molecule has 14 heavy (non-hydrogen) atoms. The predicted octanol–water partition coefficient (Wildman–Crippen LogP) is 3.18. The number of benzene rings is 1. The molecule has 0 atom stereocenters. The van der Waals surface area contributed by atoms with Crippen molar-refractivity contribution in [3.8, 4) is 11.5 Å². The Bertz CT molecular complexity index is 460. The van der Waals surface area contributed by atoms with E-state index in [1.807, 2.05) is 11.4 Å². The van der Waals surface area contributed by atoms with Gasteiger partial charge in [-0.1, -0.05) is 13.0 Å². The summed E-state index contributed by atoms with van der Waals surface area (Å²) < 4.78 is 6.18. The smallest absolute Gasteiger partial charge is 0.137 e. The van der Waals surface area contributed by atoms with Crippen molar-refractivity contribution in [2.75, 3.05) is 7.11 Å². The number of rotatable bonds is 2. The lowest BCUT2D eigenvalue weighted by molar-refractivity contribution is 0.421. The van der Waals surface area contributed by atoms with E-state index in [0.29, 0.717) is 5.75 Å². The third-order valence-corrected chi connectivity index (χ3v) is 3.34. The Labute approximate surface area is 86.8 Å². The first-order chi connectivity index (χ1) is 6.77. The van der Waals surface area contributed by atoms with Crippen molar-refractivity contribution >= 4 is 21.4 Å². The van der Waals surface area contributed by atoms with Gasteiger partial charge in [-0.3, -0.25) is 0 Å². The third kappa shape index (κ3) is 1.24. The molecule has 0 saturated heterocycles. The molecule has 1 heterocycles. The standard InChI is InChI=1S/C11H12O2S/c1-3-7-4-5-8(12)11-10(7)9(13-2)6-14-11/h4-6,12H,3H2,1-2H3. The van der Waals surface area contributed by atoms with Crippen LogP contribution in [0.15, 0.2) is 17.5 Å². The molecule has 1 N–H and O–H groups in total. The molecule has 2 rings (SSSR count). The Morgan fingerprint density at radius 2 is 2.21 bits per heavy atom. The van der Waals surface area contributed by atoms with Crippen LogP contribution in [0.25, 0.3) is 10.1 Å². The van der Waals surface area contributed by atoms with Crippen molar-refractivity contribution in [3.63, 3.8) is 0 Å². The highest BCUT2D eigenvalue weighted by atomic mass is 32.1. The molecule has 74 valence electrons. The second-order valence-electron chi connectivity index (χ2n) is 3.11. The first-order valence-corrected chi connectivity index (χ1v) is 5.42. The van der Waals surface area contributed by atoms with Crippen molar-refractivity contribution in [2.45, 2.75) is 13.3 Å². The van der Waals surface area contributed by atoms with Gasteiger partial charge in [0.15, 0.2) is 0 Å². The maximum Gasteiger partial charge on any atom is 0.137 e. The zero-order valence-corrected chi connectivity index (χ0v) is 9.02. The minimum absolute atomic E-state index is 0.338. The first kappa shape index (κ1) is 9.34. The summed E-state index contributed by atoms with van der Waals surface area (Å²) in [7, 11) is 1.66. The summed E-state index contributed by atoms with van der Waals surface area (Å²) in [5.74, 6) is 1.20. The van der Waals surface area contributed by atoms with E-state index in [2.05, 4.69) is 6.92 Å². The lowest BCUT2D eigenvalue weighted by Gasteiger charge is -2.03. The number of hydrogen-bond donors (Lipinski definition) is 1. The summed E-state index contributed by atoms with van der Waals surface area (Å²) in [6, 6.07) is 3.70. The summed E-state index contributed by atoms with van der Waals surface area (Å²) >= 11 is 1.52. The van der Waals surface area contributed by atoms with Gasteiger partial charge in [-0.05, 0) is 18.1 Å². The van der Waals surface area contributed by atoms with Crippen LogP contribution in [0.5, 0.6) is 11.5 Å². The maximum absolute atomic E-state index is 9.65. The number of phenols is 1. The van der Waals surface area contributed by atoms with Crippen LogP contribution in [0.3, 0.4) is 0 Å². The molecule has 1 aromatic carbocycles. The second-order valence-corrected chi connectivity index (χ2v) is 3.99. The van der Waals surface area contributed by atoms with Crippen LogP contribution < -0.4 is 4.74 Å². The molecule has 0 spiro atoms. The molecule has 0 radical (unpaired) electrons. The summed E-state index contributed by atoms with van der Waals surface area (Å²) in [5, 5.41) is 12.6. The van der Waals surface area contributed by atoms with E-state index in [9.17, 15) is 5.11 Å². The molecule has 0 unspecified atom stereocenters. The Kier molecular flexibility index (Phi) is 2.33. The van der Waals surface area contributed by atoms with Crippen LogP contribution in [0, 0.1) is 0 Å². The normalized spacial score (nSPS) is 10.7. The van der Waals surface area contributed by atoms with Crippen molar-refractivity contribution in [2.24, 2.45) is 0 Å². The molecule has 0 aliphatic carbocycles. The van der Waals surface area contributed by atoms with E-state index < -0.39 is 0 Å². The number of aromatic hydroxyl groups is 1. The minimum Gasteiger partial charge on any atom is -0.506 e. The van der Waals surface area contributed by atoms with E-state index in [1.165, 1.54) is 16.9 Å². The molecule has 0 saturated carbocycles. The van der Waals surface area contributed by atoms with E-state index in [0.717, 1.165) is 22.3 Å². The number of hydrogen-bond acceptors (Lipinski definition) is 3. The average Bonchev–Trinajstić information content (AvgIpc) is 2.63. The molecule has 3 heteroatoms. The van der Waals surface area contributed by atoms with Crippen LogP contribution in [0.1, 0.15) is 12.5 Å². The average molecular weight is 208 g/mol. The maximum atomic E-state index is 9.65. The number of fused-ring (bicyclic) bond motifs is 1. The molecule has 2 nitrogen and oxygen atoms in total. The SMILES string of the molecule is CCc1ccc(O)c2scc(OC)c12. The number of ether oxygens (including phenoxy) is 1. The van der Waals surface area contributed by atoms with E-state index in [-0.39, 0.29) is 0 Å².